The van der Waals surface area contributed by atoms with Gasteiger partial charge in [-0.3, -0.25) is 13.9 Å². The smallest absolute Gasteiger partial charge is 0.264 e. The van der Waals surface area contributed by atoms with Gasteiger partial charge in [-0.25, -0.2) is 8.42 Å². The Hall–Kier alpha value is -3.66. The van der Waals surface area contributed by atoms with Crippen LogP contribution in [0.1, 0.15) is 25.0 Å². The van der Waals surface area contributed by atoms with Crippen molar-refractivity contribution < 1.29 is 18.0 Å². The van der Waals surface area contributed by atoms with E-state index in [4.69, 9.17) is 11.6 Å². The predicted octanol–water partition coefficient (Wildman–Crippen LogP) is 6.46. The lowest BCUT2D eigenvalue weighted by Crippen LogP contribution is -2.54. The summed E-state index contributed by atoms with van der Waals surface area (Å²) in [6, 6.07) is 30.1. The molecule has 0 fully saturated rings. The summed E-state index contributed by atoms with van der Waals surface area (Å²) in [7, 11) is -4.16. The first-order chi connectivity index (χ1) is 20.5. The number of nitrogens with zero attached hydrogens (tertiary/aromatic N) is 2. The number of hydrogen-bond acceptors (Lipinski definition) is 4. The quantitative estimate of drug-likeness (QED) is 0.186. The van der Waals surface area contributed by atoms with E-state index in [0.29, 0.717) is 20.7 Å². The van der Waals surface area contributed by atoms with Crippen molar-refractivity contribution >= 4 is 55.1 Å². The summed E-state index contributed by atoms with van der Waals surface area (Å²) in [5, 5.41) is 3.43. The molecule has 0 aliphatic rings. The first-order valence-electron chi connectivity index (χ1n) is 13.8. The highest BCUT2D eigenvalue weighted by Gasteiger charge is 2.34. The number of carbonyl (C=O) groups is 2. The SMILES string of the molecule is CC(C)NC(=O)[C@@H](Cc1ccccc1)N(Cc1cccc(Cl)c1)C(=O)CN(c1cccc(Br)c1)S(=O)(=O)c1ccccc1. The third kappa shape index (κ3) is 8.69. The average molecular weight is 683 g/mol. The molecule has 1 atom stereocenters. The van der Waals surface area contributed by atoms with Crippen LogP contribution < -0.4 is 9.62 Å². The second-order valence-electron chi connectivity index (χ2n) is 10.3. The number of nitrogens with one attached hydrogen (secondary N) is 1. The summed E-state index contributed by atoms with van der Waals surface area (Å²) in [6.45, 7) is 3.21. The summed E-state index contributed by atoms with van der Waals surface area (Å²) in [4.78, 5) is 29.6. The third-order valence-electron chi connectivity index (χ3n) is 6.65. The minimum atomic E-state index is -4.16. The van der Waals surface area contributed by atoms with Crippen molar-refractivity contribution in [3.8, 4) is 0 Å². The second kappa shape index (κ2) is 14.7. The van der Waals surface area contributed by atoms with Gasteiger partial charge in [-0.1, -0.05) is 94.3 Å². The van der Waals surface area contributed by atoms with Crippen LogP contribution >= 0.6 is 27.5 Å². The Morgan fingerprint density at radius 1 is 0.837 bits per heavy atom. The van der Waals surface area contributed by atoms with Crippen LogP contribution in [0, 0.1) is 0 Å². The lowest BCUT2D eigenvalue weighted by molar-refractivity contribution is -0.140. The lowest BCUT2D eigenvalue weighted by atomic mass is 10.0. The van der Waals surface area contributed by atoms with E-state index in [1.165, 1.54) is 17.0 Å². The number of benzene rings is 4. The molecule has 10 heteroatoms. The molecule has 0 bridgehead atoms. The van der Waals surface area contributed by atoms with E-state index >= 15 is 0 Å². The maximum Gasteiger partial charge on any atom is 0.264 e. The summed E-state index contributed by atoms with van der Waals surface area (Å²) in [5.74, 6) is -0.881. The standard InChI is InChI=1S/C33H33BrClN3O4S/c1-24(2)36-33(40)31(20-25-11-5-3-6-12-25)37(22-26-13-9-15-28(35)19-26)32(39)23-38(29-16-10-14-27(34)21-29)43(41,42)30-17-7-4-8-18-30/h3-19,21,24,31H,20,22-23H2,1-2H3,(H,36,40)/t31-/m1/s1. The van der Waals surface area contributed by atoms with E-state index in [0.717, 1.165) is 9.87 Å². The van der Waals surface area contributed by atoms with Gasteiger partial charge in [-0.05, 0) is 67.4 Å². The average Bonchev–Trinajstić information content (AvgIpc) is 2.98. The van der Waals surface area contributed by atoms with Crippen molar-refractivity contribution in [2.75, 3.05) is 10.8 Å². The van der Waals surface area contributed by atoms with Crippen LogP contribution in [0.5, 0.6) is 0 Å². The summed E-state index contributed by atoms with van der Waals surface area (Å²) < 4.78 is 29.7. The van der Waals surface area contributed by atoms with Gasteiger partial charge in [0.1, 0.15) is 12.6 Å². The number of hydrogen-bond donors (Lipinski definition) is 1. The molecule has 0 saturated heterocycles. The fourth-order valence-electron chi connectivity index (χ4n) is 4.65. The fourth-order valence-corrected chi connectivity index (χ4v) is 6.67. The van der Waals surface area contributed by atoms with Gasteiger partial charge in [-0.15, -0.1) is 0 Å². The topological polar surface area (TPSA) is 86.8 Å². The normalized spacial score (nSPS) is 12.0. The van der Waals surface area contributed by atoms with Gasteiger partial charge in [0.2, 0.25) is 11.8 Å². The Kier molecular flexibility index (Phi) is 11.0. The highest BCUT2D eigenvalue weighted by molar-refractivity contribution is 9.10. The maximum atomic E-state index is 14.4. The van der Waals surface area contributed by atoms with E-state index in [1.807, 2.05) is 50.2 Å². The third-order valence-corrected chi connectivity index (χ3v) is 9.17. The van der Waals surface area contributed by atoms with E-state index in [1.54, 1.807) is 60.7 Å². The number of sulfonamides is 1. The van der Waals surface area contributed by atoms with Crippen LogP contribution in [-0.2, 0) is 32.6 Å². The van der Waals surface area contributed by atoms with Crippen molar-refractivity contribution in [1.29, 1.82) is 0 Å². The monoisotopic (exact) mass is 681 g/mol. The van der Waals surface area contributed by atoms with E-state index < -0.39 is 28.5 Å². The molecule has 0 aliphatic heterocycles. The molecule has 7 nitrogen and oxygen atoms in total. The Morgan fingerprint density at radius 3 is 2.09 bits per heavy atom. The fraction of sp³-hybridized carbons (Fsp3) is 0.212. The zero-order valence-corrected chi connectivity index (χ0v) is 27.0. The van der Waals surface area contributed by atoms with Gasteiger partial charge < -0.3 is 10.2 Å². The largest absolute Gasteiger partial charge is 0.352 e. The Bertz CT molecular complexity index is 1650. The number of anilines is 1. The molecule has 0 unspecified atom stereocenters. The number of carbonyl (C=O) groups excluding carboxylic acids is 2. The van der Waals surface area contributed by atoms with Gasteiger partial charge in [0.25, 0.3) is 10.0 Å². The molecule has 0 saturated carbocycles. The minimum absolute atomic E-state index is 0.0418. The molecule has 4 aromatic rings. The van der Waals surface area contributed by atoms with Crippen molar-refractivity contribution in [3.05, 3.63) is 130 Å². The molecule has 0 heterocycles. The molecule has 224 valence electrons. The predicted molar refractivity (Wildman–Crippen MR) is 174 cm³/mol. The number of halogens is 2. The molecule has 43 heavy (non-hydrogen) atoms. The molecule has 0 aromatic heterocycles. The van der Waals surface area contributed by atoms with Gasteiger partial charge in [0.05, 0.1) is 10.6 Å². The van der Waals surface area contributed by atoms with Gasteiger partial charge in [-0.2, -0.15) is 0 Å². The van der Waals surface area contributed by atoms with Crippen LogP contribution in [0.15, 0.2) is 119 Å². The van der Waals surface area contributed by atoms with E-state index in [-0.39, 0.29) is 29.8 Å². The zero-order valence-electron chi connectivity index (χ0n) is 23.9. The van der Waals surface area contributed by atoms with Crippen LogP contribution in [0.25, 0.3) is 0 Å². The molecule has 4 rings (SSSR count). The molecule has 1 N–H and O–H groups in total. The maximum absolute atomic E-state index is 14.4. The highest BCUT2D eigenvalue weighted by Crippen LogP contribution is 2.27. The molecule has 2 amide bonds. The van der Waals surface area contributed by atoms with Crippen molar-refractivity contribution in [2.24, 2.45) is 0 Å². The molecular weight excluding hydrogens is 650 g/mol. The van der Waals surface area contributed by atoms with Crippen molar-refractivity contribution in [2.45, 2.75) is 43.8 Å². The Morgan fingerprint density at radius 2 is 1.47 bits per heavy atom. The lowest BCUT2D eigenvalue weighted by Gasteiger charge is -2.34. The summed E-state index contributed by atoms with van der Waals surface area (Å²) in [6.07, 6.45) is 0.230. The molecule has 0 radical (unpaired) electrons. The van der Waals surface area contributed by atoms with Crippen molar-refractivity contribution in [3.63, 3.8) is 0 Å². The van der Waals surface area contributed by atoms with Crippen molar-refractivity contribution in [1.82, 2.24) is 10.2 Å². The van der Waals surface area contributed by atoms with Crippen LogP contribution in [0.4, 0.5) is 5.69 Å². The molecule has 0 aliphatic carbocycles. The Balaban J connectivity index is 1.80. The van der Waals surface area contributed by atoms with E-state index in [2.05, 4.69) is 21.2 Å². The molecule has 0 spiro atoms. The zero-order chi connectivity index (χ0) is 31.0. The van der Waals surface area contributed by atoms with Gasteiger partial charge in [0, 0.05) is 28.5 Å². The highest BCUT2D eigenvalue weighted by atomic mass is 79.9. The summed E-state index contributed by atoms with van der Waals surface area (Å²) >= 11 is 9.70. The van der Waals surface area contributed by atoms with Gasteiger partial charge >= 0.3 is 0 Å². The number of amides is 2. The van der Waals surface area contributed by atoms with Crippen LogP contribution in [-0.4, -0.2) is 43.8 Å². The van der Waals surface area contributed by atoms with Crippen LogP contribution in [0.3, 0.4) is 0 Å². The minimum Gasteiger partial charge on any atom is -0.352 e. The second-order valence-corrected chi connectivity index (χ2v) is 13.5. The summed E-state index contributed by atoms with van der Waals surface area (Å²) in [5.41, 5.74) is 1.87. The van der Waals surface area contributed by atoms with Crippen LogP contribution in [0.2, 0.25) is 5.02 Å². The first-order valence-corrected chi connectivity index (χ1v) is 16.4. The number of rotatable bonds is 12. The Labute approximate surface area is 266 Å². The first kappa shape index (κ1) is 32.3. The van der Waals surface area contributed by atoms with E-state index in [9.17, 15) is 18.0 Å². The molecular formula is C33H33BrClN3O4S. The molecule has 4 aromatic carbocycles. The van der Waals surface area contributed by atoms with Gasteiger partial charge in [0.15, 0.2) is 0 Å².